The van der Waals surface area contributed by atoms with Gasteiger partial charge >= 0.3 is 0 Å². The van der Waals surface area contributed by atoms with Gasteiger partial charge in [-0.15, -0.1) is 0 Å². The first-order chi connectivity index (χ1) is 11.3. The van der Waals surface area contributed by atoms with Crippen LogP contribution in [0.5, 0.6) is 0 Å². The number of unbranched alkanes of at least 4 members (excludes halogenated alkanes) is 3. The van der Waals surface area contributed by atoms with Crippen molar-refractivity contribution in [1.29, 1.82) is 0 Å². The molecule has 0 saturated carbocycles. The average Bonchev–Trinajstić information content (AvgIpc) is 2.59. The van der Waals surface area contributed by atoms with E-state index in [1.54, 1.807) is 0 Å². The third-order valence-corrected chi connectivity index (χ3v) is 3.84. The zero-order chi connectivity index (χ0) is 16.3. The molecule has 1 aromatic carbocycles. The highest BCUT2D eigenvalue weighted by Gasteiger charge is 1.96. The van der Waals surface area contributed by atoms with E-state index in [0.29, 0.717) is 5.82 Å². The second-order valence-electron chi connectivity index (χ2n) is 5.92. The summed E-state index contributed by atoms with van der Waals surface area (Å²) in [5.41, 5.74) is 3.58. The molecule has 0 saturated heterocycles. The second kappa shape index (κ2) is 9.79. The van der Waals surface area contributed by atoms with Crippen molar-refractivity contribution in [2.75, 3.05) is 0 Å². The number of aromatic nitrogens is 2. The molecule has 0 aliphatic carbocycles. The van der Waals surface area contributed by atoms with Crippen LogP contribution in [0.2, 0.25) is 0 Å². The zero-order valence-electron chi connectivity index (χ0n) is 14.3. The van der Waals surface area contributed by atoms with Gasteiger partial charge in [-0.3, -0.25) is 0 Å². The number of hydrogen-bond donors (Lipinski definition) is 0. The van der Waals surface area contributed by atoms with Crippen LogP contribution in [-0.2, 0) is 12.8 Å². The van der Waals surface area contributed by atoms with Gasteiger partial charge in [0.25, 0.3) is 0 Å². The average molecular weight is 306 g/mol. The van der Waals surface area contributed by atoms with Crippen molar-refractivity contribution in [3.8, 4) is 11.8 Å². The van der Waals surface area contributed by atoms with Gasteiger partial charge in [0.15, 0.2) is 0 Å². The van der Waals surface area contributed by atoms with Crippen molar-refractivity contribution in [3.05, 3.63) is 59.2 Å². The molecule has 0 spiro atoms. The van der Waals surface area contributed by atoms with E-state index in [-0.39, 0.29) is 0 Å². The fourth-order valence-electron chi connectivity index (χ4n) is 2.48. The topological polar surface area (TPSA) is 25.8 Å². The van der Waals surface area contributed by atoms with E-state index in [2.05, 4.69) is 59.9 Å². The Morgan fingerprint density at radius 2 is 1.48 bits per heavy atom. The molecule has 0 radical (unpaired) electrons. The van der Waals surface area contributed by atoms with Crippen molar-refractivity contribution in [1.82, 2.24) is 9.97 Å². The van der Waals surface area contributed by atoms with Crippen molar-refractivity contribution < 1.29 is 0 Å². The number of benzene rings is 1. The monoisotopic (exact) mass is 306 g/mol. The lowest BCUT2D eigenvalue weighted by atomic mass is 10.1. The number of rotatable bonds is 7. The Morgan fingerprint density at radius 1 is 0.739 bits per heavy atom. The maximum atomic E-state index is 4.35. The summed E-state index contributed by atoms with van der Waals surface area (Å²) in [6.07, 6.45) is 12.2. The van der Waals surface area contributed by atoms with Crippen molar-refractivity contribution in [2.24, 2.45) is 0 Å². The Hall–Kier alpha value is -2.14. The van der Waals surface area contributed by atoms with Gasteiger partial charge in [0.2, 0.25) is 5.82 Å². The highest BCUT2D eigenvalue weighted by Crippen LogP contribution is 2.07. The molecule has 0 bridgehead atoms. The van der Waals surface area contributed by atoms with Gasteiger partial charge in [0.1, 0.15) is 0 Å². The van der Waals surface area contributed by atoms with Gasteiger partial charge < -0.3 is 0 Å². The first-order valence-electron chi connectivity index (χ1n) is 8.73. The molecule has 0 N–H and O–H groups in total. The van der Waals surface area contributed by atoms with Crippen LogP contribution < -0.4 is 0 Å². The van der Waals surface area contributed by atoms with Crippen LogP contribution in [0, 0.1) is 11.8 Å². The first-order valence-corrected chi connectivity index (χ1v) is 8.73. The molecule has 0 aliphatic rings. The molecular formula is C21H26N2. The SMILES string of the molecule is CCCCCCc1cnc(C#Cc2ccc(CCC)cc2)nc1. The summed E-state index contributed by atoms with van der Waals surface area (Å²) < 4.78 is 0. The molecule has 2 heteroatoms. The van der Waals surface area contributed by atoms with Gasteiger partial charge in [0, 0.05) is 18.0 Å². The zero-order valence-corrected chi connectivity index (χ0v) is 14.3. The van der Waals surface area contributed by atoms with Crippen LogP contribution in [0.4, 0.5) is 0 Å². The van der Waals surface area contributed by atoms with Gasteiger partial charge in [-0.25, -0.2) is 9.97 Å². The molecule has 120 valence electrons. The van der Waals surface area contributed by atoms with E-state index in [4.69, 9.17) is 0 Å². The van der Waals surface area contributed by atoms with E-state index in [1.165, 1.54) is 43.2 Å². The van der Waals surface area contributed by atoms with Crippen molar-refractivity contribution in [3.63, 3.8) is 0 Å². The maximum absolute atomic E-state index is 4.35. The normalized spacial score (nSPS) is 10.2. The van der Waals surface area contributed by atoms with E-state index in [9.17, 15) is 0 Å². The predicted octanol–water partition coefficient (Wildman–Crippen LogP) is 4.95. The van der Waals surface area contributed by atoms with Gasteiger partial charge in [-0.2, -0.15) is 0 Å². The Balaban J connectivity index is 1.90. The molecule has 0 atom stereocenters. The highest BCUT2D eigenvalue weighted by molar-refractivity contribution is 5.39. The van der Waals surface area contributed by atoms with Crippen LogP contribution in [-0.4, -0.2) is 9.97 Å². The minimum absolute atomic E-state index is 0.597. The van der Waals surface area contributed by atoms with E-state index >= 15 is 0 Å². The van der Waals surface area contributed by atoms with Crippen molar-refractivity contribution in [2.45, 2.75) is 58.8 Å². The quantitative estimate of drug-likeness (QED) is 0.534. The van der Waals surface area contributed by atoms with Crippen LogP contribution in [0.1, 0.15) is 68.5 Å². The molecule has 0 aliphatic heterocycles. The van der Waals surface area contributed by atoms with E-state index in [1.807, 2.05) is 12.4 Å². The lowest BCUT2D eigenvalue weighted by Crippen LogP contribution is -1.93. The third kappa shape index (κ3) is 6.24. The Kier molecular flexibility index (Phi) is 7.33. The minimum Gasteiger partial charge on any atom is -0.229 e. The molecule has 0 amide bonds. The molecule has 1 aromatic heterocycles. The fraction of sp³-hybridized carbons (Fsp3) is 0.429. The third-order valence-electron chi connectivity index (χ3n) is 3.84. The molecule has 1 heterocycles. The predicted molar refractivity (Wildman–Crippen MR) is 96.3 cm³/mol. The van der Waals surface area contributed by atoms with Gasteiger partial charge in [-0.1, -0.05) is 57.6 Å². The van der Waals surface area contributed by atoms with Crippen molar-refractivity contribution >= 4 is 0 Å². The first kappa shape index (κ1) is 17.2. The maximum Gasteiger partial charge on any atom is 0.205 e. The van der Waals surface area contributed by atoms with Gasteiger partial charge in [-0.05, 0) is 48.4 Å². The van der Waals surface area contributed by atoms with Crippen LogP contribution in [0.25, 0.3) is 0 Å². The van der Waals surface area contributed by atoms with Crippen LogP contribution in [0.15, 0.2) is 36.7 Å². The molecule has 0 unspecified atom stereocenters. The van der Waals surface area contributed by atoms with E-state index < -0.39 is 0 Å². The molecule has 0 fully saturated rings. The summed E-state index contributed by atoms with van der Waals surface area (Å²) in [5.74, 6) is 6.78. The lowest BCUT2D eigenvalue weighted by Gasteiger charge is -2.00. The molecule has 23 heavy (non-hydrogen) atoms. The summed E-state index contributed by atoms with van der Waals surface area (Å²) >= 11 is 0. The molecule has 2 nitrogen and oxygen atoms in total. The molecule has 2 rings (SSSR count). The summed E-state index contributed by atoms with van der Waals surface area (Å²) in [5, 5.41) is 0. The lowest BCUT2D eigenvalue weighted by molar-refractivity contribution is 0.665. The highest BCUT2D eigenvalue weighted by atomic mass is 14.8. The second-order valence-corrected chi connectivity index (χ2v) is 5.92. The summed E-state index contributed by atoms with van der Waals surface area (Å²) in [7, 11) is 0. The minimum atomic E-state index is 0.597. The molecular weight excluding hydrogens is 280 g/mol. The van der Waals surface area contributed by atoms with Gasteiger partial charge in [0.05, 0.1) is 0 Å². The molecule has 2 aromatic rings. The standard InChI is InChI=1S/C21H26N2/c1-3-5-6-7-9-20-16-22-21(23-17-20)15-14-19-12-10-18(8-4-2)11-13-19/h10-13,16-17H,3-9H2,1-2H3. The van der Waals surface area contributed by atoms with Crippen LogP contribution in [0.3, 0.4) is 0 Å². The smallest absolute Gasteiger partial charge is 0.205 e. The number of nitrogens with zero attached hydrogens (tertiary/aromatic N) is 2. The van der Waals surface area contributed by atoms with Crippen LogP contribution >= 0.6 is 0 Å². The Morgan fingerprint density at radius 3 is 2.13 bits per heavy atom. The Bertz CT molecular complexity index is 630. The largest absolute Gasteiger partial charge is 0.229 e. The summed E-state index contributed by atoms with van der Waals surface area (Å²) in [4.78, 5) is 8.71. The number of aryl methyl sites for hydroxylation is 2. The fourth-order valence-corrected chi connectivity index (χ4v) is 2.48. The van der Waals surface area contributed by atoms with E-state index in [0.717, 1.165) is 18.4 Å². The summed E-state index contributed by atoms with van der Waals surface area (Å²) in [6.45, 7) is 4.42. The number of hydrogen-bond acceptors (Lipinski definition) is 2. The summed E-state index contributed by atoms with van der Waals surface area (Å²) in [6, 6.07) is 8.43. The Labute approximate surface area is 140 Å².